The minimum Gasteiger partial charge on any atom is -0.494 e. The molecule has 2 N–H and O–H groups in total. The Morgan fingerprint density at radius 3 is 2.78 bits per heavy atom. The van der Waals surface area contributed by atoms with E-state index in [0.717, 1.165) is 38.6 Å². The summed E-state index contributed by atoms with van der Waals surface area (Å²) in [6.07, 6.45) is 3.51. The molecule has 0 fully saturated rings. The summed E-state index contributed by atoms with van der Waals surface area (Å²) in [6, 6.07) is 14.9. The fourth-order valence-corrected chi connectivity index (χ4v) is 3.57. The average molecular weight is 379 g/mol. The molecule has 0 atom stereocenters. The third-order valence-corrected chi connectivity index (χ3v) is 4.94. The summed E-state index contributed by atoms with van der Waals surface area (Å²) in [4.78, 5) is 16.8. The van der Waals surface area contributed by atoms with Crippen LogP contribution in [0.4, 0.5) is 11.4 Å². The molecule has 0 saturated carbocycles. The number of aromatic nitrogens is 1. The molecule has 0 radical (unpaired) electrons. The van der Waals surface area contributed by atoms with Gasteiger partial charge in [0.15, 0.2) is 0 Å². The number of hydrogen-bond acceptors (Lipinski definition) is 6. The van der Waals surface area contributed by atoms with Gasteiger partial charge in [0.1, 0.15) is 5.75 Å². The predicted molar refractivity (Wildman–Crippen MR) is 109 cm³/mol. The molecule has 0 amide bonds. The zero-order valence-corrected chi connectivity index (χ0v) is 15.4. The Bertz CT molecular complexity index is 1090. The van der Waals surface area contributed by atoms with Crippen LogP contribution in [0.25, 0.3) is 11.6 Å². The number of nitrogens with zero attached hydrogens (tertiary/aromatic N) is 2. The highest BCUT2D eigenvalue weighted by Gasteiger charge is 2.16. The first kappa shape index (κ1) is 17.1. The Morgan fingerprint density at radius 2 is 2.00 bits per heavy atom. The Kier molecular flexibility index (Phi) is 4.52. The van der Waals surface area contributed by atoms with Gasteiger partial charge in [-0.05, 0) is 43.3 Å². The van der Waals surface area contributed by atoms with Crippen LogP contribution in [-0.2, 0) is 0 Å². The quantitative estimate of drug-likeness (QED) is 0.698. The number of thiazole rings is 1. The molecule has 0 spiro atoms. The first-order valence-electron chi connectivity index (χ1n) is 8.45. The smallest absolute Gasteiger partial charge is 0.329 e. The van der Waals surface area contributed by atoms with Crippen molar-refractivity contribution in [3.05, 3.63) is 68.6 Å². The molecule has 3 aromatic rings. The van der Waals surface area contributed by atoms with Crippen LogP contribution < -0.4 is 15.0 Å². The van der Waals surface area contributed by atoms with Crippen molar-refractivity contribution in [3.63, 3.8) is 0 Å². The molecule has 136 valence electrons. The van der Waals surface area contributed by atoms with Gasteiger partial charge in [0, 0.05) is 17.4 Å². The maximum atomic E-state index is 12.3. The standard InChI is InChI=1S/C20H17N3O3S/c1-2-26-15-9-7-14(8-10-15)22-23-19(24)18(27-20(23)25)11-13-12-21-17-6-4-3-5-16(13)17/h3-12,22,24H,2H2,1H3/b13-11+. The SMILES string of the molecule is CCOc1ccc(Nn2c(O)c(/C=C3\C=Nc4ccccc43)sc2=O)cc1. The van der Waals surface area contributed by atoms with E-state index >= 15 is 0 Å². The number of ether oxygens (including phenoxy) is 1. The van der Waals surface area contributed by atoms with Gasteiger partial charge in [-0.15, -0.1) is 0 Å². The second kappa shape index (κ2) is 7.13. The summed E-state index contributed by atoms with van der Waals surface area (Å²) >= 11 is 0.965. The molecule has 6 nitrogen and oxygen atoms in total. The molecular formula is C20H17N3O3S. The minimum atomic E-state index is -0.309. The molecular weight excluding hydrogens is 362 g/mol. The Morgan fingerprint density at radius 1 is 1.22 bits per heavy atom. The average Bonchev–Trinajstić information content (AvgIpc) is 3.20. The molecule has 1 aromatic heterocycles. The van der Waals surface area contributed by atoms with E-state index in [1.165, 1.54) is 0 Å². The van der Waals surface area contributed by atoms with Gasteiger partial charge in [0.2, 0.25) is 5.88 Å². The van der Waals surface area contributed by atoms with Crippen LogP contribution in [0, 0.1) is 0 Å². The van der Waals surface area contributed by atoms with Crippen LogP contribution in [0.15, 0.2) is 58.3 Å². The zero-order valence-electron chi connectivity index (χ0n) is 14.5. The highest BCUT2D eigenvalue weighted by molar-refractivity contribution is 7.10. The summed E-state index contributed by atoms with van der Waals surface area (Å²) in [5, 5.41) is 10.5. The van der Waals surface area contributed by atoms with E-state index in [4.69, 9.17) is 4.74 Å². The van der Waals surface area contributed by atoms with Crippen molar-refractivity contribution >= 4 is 40.6 Å². The number of aliphatic imine (C=N–C) groups is 1. The highest BCUT2D eigenvalue weighted by atomic mass is 32.1. The molecule has 0 saturated heterocycles. The molecule has 0 unspecified atom stereocenters. The normalized spacial score (nSPS) is 13.7. The van der Waals surface area contributed by atoms with E-state index in [2.05, 4.69) is 10.4 Å². The van der Waals surface area contributed by atoms with Crippen molar-refractivity contribution in [2.45, 2.75) is 6.92 Å². The Labute approximate surface area is 159 Å². The third kappa shape index (κ3) is 3.37. The summed E-state index contributed by atoms with van der Waals surface area (Å²) in [5.41, 5.74) is 6.30. The summed E-state index contributed by atoms with van der Waals surface area (Å²) in [5.74, 6) is 0.610. The lowest BCUT2D eigenvalue weighted by Gasteiger charge is -2.09. The number of fused-ring (bicyclic) bond motifs is 1. The second-order valence-corrected chi connectivity index (χ2v) is 6.83. The first-order valence-corrected chi connectivity index (χ1v) is 9.27. The maximum Gasteiger partial charge on any atom is 0.329 e. The maximum absolute atomic E-state index is 12.3. The molecule has 2 aromatic carbocycles. The summed E-state index contributed by atoms with van der Waals surface area (Å²) in [6.45, 7) is 2.50. The number of anilines is 1. The van der Waals surface area contributed by atoms with Crippen molar-refractivity contribution < 1.29 is 9.84 Å². The van der Waals surface area contributed by atoms with Crippen molar-refractivity contribution in [1.82, 2.24) is 4.68 Å². The molecule has 0 aliphatic carbocycles. The van der Waals surface area contributed by atoms with E-state index in [-0.39, 0.29) is 10.8 Å². The zero-order chi connectivity index (χ0) is 18.8. The fourth-order valence-electron chi connectivity index (χ4n) is 2.79. The van der Waals surface area contributed by atoms with Crippen molar-refractivity contribution in [2.75, 3.05) is 12.0 Å². The van der Waals surface area contributed by atoms with E-state index in [0.29, 0.717) is 17.2 Å². The van der Waals surface area contributed by atoms with Gasteiger partial charge in [-0.2, -0.15) is 4.68 Å². The predicted octanol–water partition coefficient (Wildman–Crippen LogP) is 4.15. The molecule has 0 bridgehead atoms. The molecule has 1 aliphatic rings. The van der Waals surface area contributed by atoms with Gasteiger partial charge < -0.3 is 9.84 Å². The lowest BCUT2D eigenvalue weighted by atomic mass is 10.1. The lowest BCUT2D eigenvalue weighted by Crippen LogP contribution is -2.20. The Balaban J connectivity index is 1.62. The van der Waals surface area contributed by atoms with Crippen LogP contribution in [0.2, 0.25) is 0 Å². The van der Waals surface area contributed by atoms with Crippen LogP contribution in [0.5, 0.6) is 11.6 Å². The lowest BCUT2D eigenvalue weighted by molar-refractivity contribution is 0.340. The molecule has 27 heavy (non-hydrogen) atoms. The first-order chi connectivity index (χ1) is 13.2. The van der Waals surface area contributed by atoms with E-state index in [1.807, 2.05) is 31.2 Å². The number of para-hydroxylation sites is 1. The van der Waals surface area contributed by atoms with Gasteiger partial charge in [-0.3, -0.25) is 15.2 Å². The number of hydrogen-bond donors (Lipinski definition) is 2. The monoisotopic (exact) mass is 379 g/mol. The number of rotatable bonds is 5. The third-order valence-electron chi connectivity index (χ3n) is 4.06. The van der Waals surface area contributed by atoms with E-state index in [9.17, 15) is 9.90 Å². The van der Waals surface area contributed by atoms with Gasteiger partial charge in [0.25, 0.3) is 0 Å². The summed E-state index contributed by atoms with van der Waals surface area (Å²) < 4.78 is 6.53. The van der Waals surface area contributed by atoms with Gasteiger partial charge >= 0.3 is 4.87 Å². The molecule has 2 heterocycles. The number of allylic oxidation sites excluding steroid dienone is 1. The van der Waals surface area contributed by atoms with Crippen LogP contribution in [0.1, 0.15) is 17.4 Å². The van der Waals surface area contributed by atoms with Crippen molar-refractivity contribution in [1.29, 1.82) is 0 Å². The molecule has 4 rings (SSSR count). The van der Waals surface area contributed by atoms with Gasteiger partial charge in [0.05, 0.1) is 22.9 Å². The van der Waals surface area contributed by atoms with Crippen LogP contribution >= 0.6 is 11.3 Å². The summed E-state index contributed by atoms with van der Waals surface area (Å²) in [7, 11) is 0. The number of aromatic hydroxyl groups is 1. The molecule has 1 aliphatic heterocycles. The van der Waals surface area contributed by atoms with Gasteiger partial charge in [-0.1, -0.05) is 29.5 Å². The van der Waals surface area contributed by atoms with E-state index in [1.54, 1.807) is 36.6 Å². The Hall–Kier alpha value is -3.32. The van der Waals surface area contributed by atoms with Gasteiger partial charge in [-0.25, -0.2) is 0 Å². The topological polar surface area (TPSA) is 75.8 Å². The largest absolute Gasteiger partial charge is 0.494 e. The van der Waals surface area contributed by atoms with Crippen LogP contribution in [0.3, 0.4) is 0 Å². The van der Waals surface area contributed by atoms with Crippen LogP contribution in [-0.4, -0.2) is 22.6 Å². The molecule has 7 heteroatoms. The number of benzene rings is 2. The fraction of sp³-hybridized carbons (Fsp3) is 0.100. The van der Waals surface area contributed by atoms with Crippen molar-refractivity contribution in [3.8, 4) is 11.6 Å². The van der Waals surface area contributed by atoms with E-state index < -0.39 is 0 Å². The van der Waals surface area contributed by atoms with Crippen molar-refractivity contribution in [2.24, 2.45) is 4.99 Å². The minimum absolute atomic E-state index is 0.135. The number of nitrogens with one attached hydrogen (secondary N) is 1. The second-order valence-electron chi connectivity index (χ2n) is 5.84. The highest BCUT2D eigenvalue weighted by Crippen LogP contribution is 2.34.